The van der Waals surface area contributed by atoms with Crippen molar-refractivity contribution in [2.24, 2.45) is 0 Å². The van der Waals surface area contributed by atoms with Gasteiger partial charge in [0.05, 0.1) is 10.3 Å². The summed E-state index contributed by atoms with van der Waals surface area (Å²) in [6.07, 6.45) is 0. The molecule has 7 heteroatoms. The summed E-state index contributed by atoms with van der Waals surface area (Å²) in [5.74, 6) is 1.58. The molecule has 1 aromatic heterocycles. The van der Waals surface area contributed by atoms with Crippen molar-refractivity contribution < 1.29 is 4.92 Å². The highest BCUT2D eigenvalue weighted by Crippen LogP contribution is 2.28. The molecule has 0 spiro atoms. The second kappa shape index (κ2) is 5.70. The van der Waals surface area contributed by atoms with Crippen molar-refractivity contribution in [3.05, 3.63) is 39.7 Å². The molecule has 0 saturated carbocycles. The van der Waals surface area contributed by atoms with E-state index in [2.05, 4.69) is 40.0 Å². The largest absolute Gasteiger partial charge is 0.308 e. The summed E-state index contributed by atoms with van der Waals surface area (Å²) in [7, 11) is 0. The molecule has 0 radical (unpaired) electrons. The third-order valence-corrected chi connectivity index (χ3v) is 3.57. The lowest BCUT2D eigenvalue weighted by molar-refractivity contribution is -0.384. The molecule has 0 aliphatic rings. The Kier molecular flexibility index (Phi) is 4.17. The van der Waals surface area contributed by atoms with Crippen LogP contribution in [0.5, 0.6) is 0 Å². The van der Waals surface area contributed by atoms with Gasteiger partial charge in [-0.3, -0.25) is 10.1 Å². The predicted octanol–water partition coefficient (Wildman–Crippen LogP) is 3.64. The maximum Gasteiger partial charge on any atom is 0.269 e. The van der Waals surface area contributed by atoms with Crippen LogP contribution in [0.25, 0.3) is 11.4 Å². The van der Waals surface area contributed by atoms with E-state index < -0.39 is 4.92 Å². The number of nitro groups is 1. The minimum Gasteiger partial charge on any atom is -0.308 e. The second-order valence-electron chi connectivity index (χ2n) is 4.79. The van der Waals surface area contributed by atoms with Gasteiger partial charge in [0.25, 0.3) is 5.69 Å². The van der Waals surface area contributed by atoms with E-state index in [1.54, 1.807) is 12.1 Å². The van der Waals surface area contributed by atoms with E-state index in [4.69, 9.17) is 0 Å². The van der Waals surface area contributed by atoms with E-state index in [1.807, 2.05) is 11.5 Å². The van der Waals surface area contributed by atoms with Crippen LogP contribution in [-0.4, -0.2) is 19.7 Å². The number of aryl methyl sites for hydroxylation is 1. The fraction of sp³-hybridized carbons (Fsp3) is 0.385. The Morgan fingerprint density at radius 2 is 2.10 bits per heavy atom. The summed E-state index contributed by atoms with van der Waals surface area (Å²) in [4.78, 5) is 10.4. The molecule has 2 rings (SSSR count). The van der Waals surface area contributed by atoms with E-state index in [9.17, 15) is 10.1 Å². The molecule has 6 nitrogen and oxygen atoms in total. The summed E-state index contributed by atoms with van der Waals surface area (Å²) in [6.45, 7) is 5.95. The van der Waals surface area contributed by atoms with Gasteiger partial charge in [-0.15, -0.1) is 10.2 Å². The number of rotatable bonds is 4. The topological polar surface area (TPSA) is 73.8 Å². The molecule has 0 unspecified atom stereocenters. The number of halogens is 1. The minimum absolute atomic E-state index is 0.0857. The van der Waals surface area contributed by atoms with E-state index >= 15 is 0 Å². The smallest absolute Gasteiger partial charge is 0.269 e. The zero-order valence-electron chi connectivity index (χ0n) is 11.5. The molecular weight excluding hydrogens is 324 g/mol. The van der Waals surface area contributed by atoms with Gasteiger partial charge in [-0.2, -0.15) is 0 Å². The van der Waals surface area contributed by atoms with Crippen LogP contribution >= 0.6 is 15.9 Å². The van der Waals surface area contributed by atoms with Crippen LogP contribution in [0.4, 0.5) is 5.69 Å². The van der Waals surface area contributed by atoms with Crippen LogP contribution in [0, 0.1) is 17.0 Å². The SMILES string of the molecule is Cc1cc([N+](=O)[O-])ccc1-c1nnc(CBr)n1C(C)C. The first kappa shape index (κ1) is 14.6. The van der Waals surface area contributed by atoms with E-state index in [1.165, 1.54) is 6.07 Å². The fourth-order valence-corrected chi connectivity index (χ4v) is 2.54. The molecule has 0 aliphatic heterocycles. The first-order valence-corrected chi connectivity index (χ1v) is 7.33. The van der Waals surface area contributed by atoms with Crippen LogP contribution in [-0.2, 0) is 5.33 Å². The fourth-order valence-electron chi connectivity index (χ4n) is 2.15. The molecule has 0 atom stereocenters. The van der Waals surface area contributed by atoms with Crippen molar-refractivity contribution in [1.29, 1.82) is 0 Å². The molecule has 0 amide bonds. The van der Waals surface area contributed by atoms with Gasteiger partial charge in [0.1, 0.15) is 5.82 Å². The molecule has 0 N–H and O–H groups in total. The lowest BCUT2D eigenvalue weighted by Gasteiger charge is -2.14. The molecule has 0 bridgehead atoms. The van der Waals surface area contributed by atoms with E-state index in [-0.39, 0.29) is 11.7 Å². The Bertz CT molecular complexity index is 652. The monoisotopic (exact) mass is 338 g/mol. The Hall–Kier alpha value is -1.76. The average molecular weight is 339 g/mol. The summed E-state index contributed by atoms with van der Waals surface area (Å²) >= 11 is 3.40. The third-order valence-electron chi connectivity index (χ3n) is 3.06. The van der Waals surface area contributed by atoms with Gasteiger partial charge in [0.2, 0.25) is 0 Å². The molecule has 2 aromatic rings. The molecule has 0 fully saturated rings. The number of hydrogen-bond acceptors (Lipinski definition) is 4. The molecule has 20 heavy (non-hydrogen) atoms. The van der Waals surface area contributed by atoms with Crippen LogP contribution in [0.3, 0.4) is 0 Å². The normalized spacial score (nSPS) is 11.1. The van der Waals surface area contributed by atoms with Gasteiger partial charge < -0.3 is 4.57 Å². The molecule has 1 aromatic carbocycles. The highest BCUT2D eigenvalue weighted by atomic mass is 79.9. The maximum absolute atomic E-state index is 10.8. The average Bonchev–Trinajstić information content (AvgIpc) is 2.82. The lowest BCUT2D eigenvalue weighted by atomic mass is 10.1. The highest BCUT2D eigenvalue weighted by molar-refractivity contribution is 9.08. The number of aromatic nitrogens is 3. The van der Waals surface area contributed by atoms with Gasteiger partial charge >= 0.3 is 0 Å². The number of hydrogen-bond donors (Lipinski definition) is 0. The van der Waals surface area contributed by atoms with Crippen LogP contribution in [0.15, 0.2) is 18.2 Å². The lowest BCUT2D eigenvalue weighted by Crippen LogP contribution is -2.07. The predicted molar refractivity (Wildman–Crippen MR) is 79.9 cm³/mol. The molecule has 106 valence electrons. The number of nitro benzene ring substituents is 1. The standard InChI is InChI=1S/C13H15BrN4O2/c1-8(2)17-12(7-14)15-16-13(17)11-5-4-10(18(19)20)6-9(11)3/h4-6,8H,7H2,1-3H3. The summed E-state index contributed by atoms with van der Waals surface area (Å²) < 4.78 is 2.03. The van der Waals surface area contributed by atoms with E-state index in [0.717, 1.165) is 22.8 Å². The summed E-state index contributed by atoms with van der Waals surface area (Å²) in [5.41, 5.74) is 1.76. The van der Waals surface area contributed by atoms with Gasteiger partial charge in [-0.05, 0) is 32.4 Å². The van der Waals surface area contributed by atoms with Crippen molar-refractivity contribution in [2.75, 3.05) is 0 Å². The second-order valence-corrected chi connectivity index (χ2v) is 5.35. The molecule has 0 saturated heterocycles. The number of nitrogens with zero attached hydrogens (tertiary/aromatic N) is 4. The van der Waals surface area contributed by atoms with Gasteiger partial charge in [0, 0.05) is 23.7 Å². The van der Waals surface area contributed by atoms with Gasteiger partial charge in [-0.25, -0.2) is 0 Å². The Morgan fingerprint density at radius 1 is 1.40 bits per heavy atom. The quantitative estimate of drug-likeness (QED) is 0.484. The van der Waals surface area contributed by atoms with Crippen molar-refractivity contribution in [2.45, 2.75) is 32.1 Å². The van der Waals surface area contributed by atoms with E-state index in [0.29, 0.717) is 5.33 Å². The van der Waals surface area contributed by atoms with Gasteiger partial charge in [0.15, 0.2) is 5.82 Å². The van der Waals surface area contributed by atoms with Crippen LogP contribution in [0.1, 0.15) is 31.3 Å². The molecule has 1 heterocycles. The first-order chi connectivity index (χ1) is 9.45. The Labute approximate surface area is 125 Å². The van der Waals surface area contributed by atoms with Crippen molar-refractivity contribution in [3.63, 3.8) is 0 Å². The molecule has 0 aliphatic carbocycles. The summed E-state index contributed by atoms with van der Waals surface area (Å²) in [6, 6.07) is 4.99. The van der Waals surface area contributed by atoms with Crippen molar-refractivity contribution in [3.8, 4) is 11.4 Å². The Balaban J connectivity index is 2.57. The van der Waals surface area contributed by atoms with Gasteiger partial charge in [-0.1, -0.05) is 15.9 Å². The maximum atomic E-state index is 10.8. The minimum atomic E-state index is -0.395. The zero-order valence-corrected chi connectivity index (χ0v) is 13.1. The third kappa shape index (κ3) is 2.58. The van der Waals surface area contributed by atoms with Crippen LogP contribution in [0.2, 0.25) is 0 Å². The number of non-ortho nitro benzene ring substituents is 1. The number of benzene rings is 1. The Morgan fingerprint density at radius 3 is 2.60 bits per heavy atom. The van der Waals surface area contributed by atoms with Crippen molar-refractivity contribution >= 4 is 21.6 Å². The molecular formula is C13H15BrN4O2. The first-order valence-electron chi connectivity index (χ1n) is 6.20. The summed E-state index contributed by atoms with van der Waals surface area (Å²) in [5, 5.41) is 19.8. The van der Waals surface area contributed by atoms with Crippen molar-refractivity contribution in [1.82, 2.24) is 14.8 Å². The zero-order chi connectivity index (χ0) is 14.9. The van der Waals surface area contributed by atoms with Crippen LogP contribution < -0.4 is 0 Å². The highest BCUT2D eigenvalue weighted by Gasteiger charge is 2.18. The number of alkyl halides is 1.